The summed E-state index contributed by atoms with van der Waals surface area (Å²) in [6.45, 7) is 3.86. The number of hydrogen-bond donors (Lipinski definition) is 0. The Morgan fingerprint density at radius 2 is 1.43 bits per heavy atom. The van der Waals surface area contributed by atoms with Gasteiger partial charge in [0.05, 0.1) is 6.07 Å². The van der Waals surface area contributed by atoms with Crippen LogP contribution >= 0.6 is 0 Å². The molecule has 0 bridgehead atoms. The van der Waals surface area contributed by atoms with E-state index in [4.69, 9.17) is 5.26 Å². The monoisotopic (exact) mass is 276 g/mol. The van der Waals surface area contributed by atoms with E-state index in [1.54, 1.807) is 6.08 Å². The molecule has 0 aliphatic rings. The SMILES string of the molecule is C[C@@H](/C=C\C#N)N(Cc1ccccc1)Cc1ccccc1. The molecule has 0 aliphatic heterocycles. The van der Waals surface area contributed by atoms with Crippen molar-refractivity contribution < 1.29 is 0 Å². The van der Waals surface area contributed by atoms with Crippen LogP contribution in [0.2, 0.25) is 0 Å². The summed E-state index contributed by atoms with van der Waals surface area (Å²) in [6, 6.07) is 23.1. The van der Waals surface area contributed by atoms with Crippen LogP contribution < -0.4 is 0 Å². The van der Waals surface area contributed by atoms with E-state index >= 15 is 0 Å². The van der Waals surface area contributed by atoms with Crippen molar-refractivity contribution in [3.05, 3.63) is 83.9 Å². The highest BCUT2D eigenvalue weighted by molar-refractivity contribution is 5.18. The quantitative estimate of drug-likeness (QED) is 0.741. The minimum atomic E-state index is 0.213. The molecule has 0 saturated carbocycles. The van der Waals surface area contributed by atoms with E-state index < -0.39 is 0 Å². The smallest absolute Gasteiger partial charge is 0.0909 e. The van der Waals surface area contributed by atoms with Gasteiger partial charge in [0.1, 0.15) is 0 Å². The van der Waals surface area contributed by atoms with Gasteiger partial charge in [-0.3, -0.25) is 4.90 Å². The number of nitrogens with zero attached hydrogens (tertiary/aromatic N) is 2. The molecule has 0 radical (unpaired) electrons. The van der Waals surface area contributed by atoms with Gasteiger partial charge in [-0.15, -0.1) is 0 Å². The molecule has 0 unspecified atom stereocenters. The van der Waals surface area contributed by atoms with Crippen molar-refractivity contribution in [2.45, 2.75) is 26.1 Å². The van der Waals surface area contributed by atoms with Crippen molar-refractivity contribution in [2.75, 3.05) is 0 Å². The standard InChI is InChI=1S/C19H20N2/c1-17(9-8-14-20)21(15-18-10-4-2-5-11-18)16-19-12-6-3-7-13-19/h2-13,17H,15-16H2,1H3/b9-8-/t17-/m0/s1. The van der Waals surface area contributed by atoms with Crippen molar-refractivity contribution in [1.82, 2.24) is 4.90 Å². The molecule has 106 valence electrons. The Hall–Kier alpha value is -2.37. The van der Waals surface area contributed by atoms with E-state index in [0.29, 0.717) is 0 Å². The molecule has 0 spiro atoms. The molecule has 2 aromatic carbocycles. The predicted octanol–water partition coefficient (Wildman–Crippen LogP) is 4.16. The molecular weight excluding hydrogens is 256 g/mol. The number of rotatable bonds is 6. The third-order valence-electron chi connectivity index (χ3n) is 3.48. The second-order valence-electron chi connectivity index (χ2n) is 5.10. The van der Waals surface area contributed by atoms with Gasteiger partial charge in [-0.25, -0.2) is 0 Å². The Labute approximate surface area is 127 Å². The lowest BCUT2D eigenvalue weighted by atomic mass is 10.1. The minimum Gasteiger partial charge on any atom is -0.289 e. The van der Waals surface area contributed by atoms with Crippen LogP contribution in [-0.4, -0.2) is 10.9 Å². The van der Waals surface area contributed by atoms with Crippen molar-refractivity contribution >= 4 is 0 Å². The van der Waals surface area contributed by atoms with Crippen LogP contribution in [0.25, 0.3) is 0 Å². The average Bonchev–Trinajstić information content (AvgIpc) is 2.54. The van der Waals surface area contributed by atoms with E-state index in [9.17, 15) is 0 Å². The van der Waals surface area contributed by atoms with E-state index in [1.807, 2.05) is 18.2 Å². The molecule has 2 heteroatoms. The minimum absolute atomic E-state index is 0.213. The Bertz CT molecular complexity index is 555. The van der Waals surface area contributed by atoms with Gasteiger partial charge in [0.15, 0.2) is 0 Å². The molecule has 0 aliphatic carbocycles. The summed E-state index contributed by atoms with van der Waals surface area (Å²) in [6.07, 6.45) is 3.51. The zero-order chi connectivity index (χ0) is 14.9. The van der Waals surface area contributed by atoms with Gasteiger partial charge in [-0.1, -0.05) is 66.7 Å². The highest BCUT2D eigenvalue weighted by atomic mass is 15.1. The maximum atomic E-state index is 8.72. The third-order valence-corrected chi connectivity index (χ3v) is 3.48. The Balaban J connectivity index is 2.14. The Morgan fingerprint density at radius 3 is 1.86 bits per heavy atom. The third kappa shape index (κ3) is 4.91. The van der Waals surface area contributed by atoms with Crippen molar-refractivity contribution in [3.8, 4) is 6.07 Å². The summed E-state index contributed by atoms with van der Waals surface area (Å²) in [5, 5.41) is 8.72. The van der Waals surface area contributed by atoms with E-state index in [1.165, 1.54) is 11.1 Å². The topological polar surface area (TPSA) is 27.0 Å². The fourth-order valence-electron chi connectivity index (χ4n) is 2.28. The highest BCUT2D eigenvalue weighted by Gasteiger charge is 2.12. The molecule has 0 heterocycles. The van der Waals surface area contributed by atoms with Crippen LogP contribution in [0.1, 0.15) is 18.1 Å². The van der Waals surface area contributed by atoms with Gasteiger partial charge in [-0.2, -0.15) is 5.26 Å². The second kappa shape index (κ2) is 8.04. The van der Waals surface area contributed by atoms with Crippen molar-refractivity contribution in [3.63, 3.8) is 0 Å². The maximum Gasteiger partial charge on any atom is 0.0909 e. The van der Waals surface area contributed by atoms with Crippen LogP contribution in [0.4, 0.5) is 0 Å². The molecule has 0 saturated heterocycles. The fourth-order valence-corrected chi connectivity index (χ4v) is 2.28. The number of hydrogen-bond acceptors (Lipinski definition) is 2. The molecule has 1 atom stereocenters. The molecule has 21 heavy (non-hydrogen) atoms. The van der Waals surface area contributed by atoms with Crippen LogP contribution in [0.3, 0.4) is 0 Å². The summed E-state index contributed by atoms with van der Waals surface area (Å²) >= 11 is 0. The molecule has 0 aromatic heterocycles. The molecule has 0 fully saturated rings. The first-order valence-corrected chi connectivity index (χ1v) is 7.18. The van der Waals surface area contributed by atoms with Gasteiger partial charge in [0.2, 0.25) is 0 Å². The maximum absolute atomic E-state index is 8.72. The summed E-state index contributed by atoms with van der Waals surface area (Å²) in [5.74, 6) is 0. The Kier molecular flexibility index (Phi) is 5.75. The summed E-state index contributed by atoms with van der Waals surface area (Å²) < 4.78 is 0. The van der Waals surface area contributed by atoms with Gasteiger partial charge < -0.3 is 0 Å². The lowest BCUT2D eigenvalue weighted by molar-refractivity contribution is 0.223. The lowest BCUT2D eigenvalue weighted by Gasteiger charge is -2.27. The zero-order valence-corrected chi connectivity index (χ0v) is 12.3. The molecule has 2 nitrogen and oxygen atoms in total. The molecule has 2 aromatic rings. The van der Waals surface area contributed by atoms with E-state index in [2.05, 4.69) is 66.4 Å². The summed E-state index contributed by atoms with van der Waals surface area (Å²) in [4.78, 5) is 2.36. The van der Waals surface area contributed by atoms with E-state index in [-0.39, 0.29) is 6.04 Å². The first kappa shape index (κ1) is 15.0. The molecule has 0 amide bonds. The van der Waals surface area contributed by atoms with Gasteiger partial charge in [0.25, 0.3) is 0 Å². The molecule has 0 N–H and O–H groups in total. The summed E-state index contributed by atoms with van der Waals surface area (Å²) in [7, 11) is 0. The second-order valence-corrected chi connectivity index (χ2v) is 5.10. The lowest BCUT2D eigenvalue weighted by Crippen LogP contribution is -2.30. The highest BCUT2D eigenvalue weighted by Crippen LogP contribution is 2.14. The van der Waals surface area contributed by atoms with Crippen molar-refractivity contribution in [2.24, 2.45) is 0 Å². The molecular formula is C19H20N2. The number of benzene rings is 2. The first-order valence-electron chi connectivity index (χ1n) is 7.18. The van der Waals surface area contributed by atoms with Gasteiger partial charge in [-0.05, 0) is 18.1 Å². The predicted molar refractivity (Wildman–Crippen MR) is 86.3 cm³/mol. The summed E-state index contributed by atoms with van der Waals surface area (Å²) in [5.41, 5.74) is 2.57. The van der Waals surface area contributed by atoms with Crippen molar-refractivity contribution in [1.29, 1.82) is 5.26 Å². The molecule has 2 rings (SSSR count). The van der Waals surface area contributed by atoms with Crippen LogP contribution in [0, 0.1) is 11.3 Å². The van der Waals surface area contributed by atoms with E-state index in [0.717, 1.165) is 13.1 Å². The van der Waals surface area contributed by atoms with Gasteiger partial charge >= 0.3 is 0 Å². The fraction of sp³-hybridized carbons (Fsp3) is 0.211. The zero-order valence-electron chi connectivity index (χ0n) is 12.3. The van der Waals surface area contributed by atoms with Crippen LogP contribution in [0.5, 0.6) is 0 Å². The number of allylic oxidation sites excluding steroid dienone is 1. The largest absolute Gasteiger partial charge is 0.289 e. The average molecular weight is 276 g/mol. The van der Waals surface area contributed by atoms with Crippen LogP contribution in [-0.2, 0) is 13.1 Å². The van der Waals surface area contributed by atoms with Crippen LogP contribution in [0.15, 0.2) is 72.8 Å². The normalized spacial score (nSPS) is 12.4. The first-order chi connectivity index (χ1) is 10.3. The Morgan fingerprint density at radius 1 is 0.952 bits per heavy atom. The number of nitriles is 1. The van der Waals surface area contributed by atoms with Gasteiger partial charge in [0, 0.05) is 25.2 Å².